The highest BCUT2D eigenvalue weighted by atomic mass is 32.2. The lowest BCUT2D eigenvalue weighted by atomic mass is 10.3. The van der Waals surface area contributed by atoms with Gasteiger partial charge in [0, 0.05) is 0 Å². The minimum absolute atomic E-state index is 0.683. The zero-order valence-corrected chi connectivity index (χ0v) is 9.32. The summed E-state index contributed by atoms with van der Waals surface area (Å²) in [6, 6.07) is 5.88. The van der Waals surface area contributed by atoms with E-state index in [1.807, 2.05) is 25.1 Å². The smallest absolute Gasteiger partial charge is 0.165 e. The summed E-state index contributed by atoms with van der Waals surface area (Å²) in [6.07, 6.45) is 0. The second kappa shape index (κ2) is 4.16. The van der Waals surface area contributed by atoms with Gasteiger partial charge in [-0.15, -0.1) is 11.3 Å². The van der Waals surface area contributed by atoms with Crippen LogP contribution in [0, 0.1) is 0 Å². The summed E-state index contributed by atoms with van der Waals surface area (Å²) in [5.41, 5.74) is 0.978. The van der Waals surface area contributed by atoms with Gasteiger partial charge in [0.2, 0.25) is 0 Å². The third-order valence-electron chi connectivity index (χ3n) is 1.75. The lowest BCUT2D eigenvalue weighted by molar-refractivity contribution is 0.341. The highest BCUT2D eigenvalue weighted by Gasteiger charge is 2.03. The summed E-state index contributed by atoms with van der Waals surface area (Å²) in [5.74, 6) is 0.886. The molecule has 2 N–H and O–H groups in total. The Morgan fingerprint density at radius 3 is 3.14 bits per heavy atom. The Kier molecular flexibility index (Phi) is 2.90. The average molecular weight is 226 g/mol. The fraction of sp³-hybridized carbons (Fsp3) is 0.222. The molecule has 1 aromatic carbocycles. The molecule has 3 nitrogen and oxygen atoms in total. The van der Waals surface area contributed by atoms with E-state index in [1.165, 1.54) is 11.9 Å². The Bertz CT molecular complexity index is 441. The van der Waals surface area contributed by atoms with Crippen molar-refractivity contribution in [2.45, 2.75) is 11.3 Å². The predicted octanol–water partition coefficient (Wildman–Crippen LogP) is 2.66. The molecule has 0 bridgehead atoms. The molecule has 0 unspecified atom stereocenters. The Morgan fingerprint density at radius 2 is 2.43 bits per heavy atom. The van der Waals surface area contributed by atoms with E-state index in [2.05, 4.69) is 4.98 Å². The number of aromatic nitrogens is 1. The highest BCUT2D eigenvalue weighted by Crippen LogP contribution is 2.29. The molecule has 2 aromatic rings. The van der Waals surface area contributed by atoms with Crippen LogP contribution in [0.1, 0.15) is 6.92 Å². The fourth-order valence-electron chi connectivity index (χ4n) is 1.19. The lowest BCUT2D eigenvalue weighted by Crippen LogP contribution is -1.89. The summed E-state index contributed by atoms with van der Waals surface area (Å²) in [6.45, 7) is 2.65. The Balaban J connectivity index is 2.43. The van der Waals surface area contributed by atoms with E-state index < -0.39 is 0 Å². The van der Waals surface area contributed by atoms with Crippen molar-refractivity contribution in [2.24, 2.45) is 5.14 Å². The van der Waals surface area contributed by atoms with Crippen LogP contribution in [0.15, 0.2) is 22.5 Å². The van der Waals surface area contributed by atoms with Crippen molar-refractivity contribution in [1.82, 2.24) is 4.98 Å². The number of hydrogen-bond donors (Lipinski definition) is 1. The van der Waals surface area contributed by atoms with Gasteiger partial charge in [-0.3, -0.25) is 5.14 Å². The van der Waals surface area contributed by atoms with Crippen molar-refractivity contribution in [3.63, 3.8) is 0 Å². The van der Waals surface area contributed by atoms with Crippen molar-refractivity contribution in [2.75, 3.05) is 6.61 Å². The molecule has 14 heavy (non-hydrogen) atoms. The van der Waals surface area contributed by atoms with Crippen LogP contribution >= 0.6 is 23.3 Å². The number of rotatable bonds is 3. The lowest BCUT2D eigenvalue weighted by Gasteiger charge is -2.00. The Hall–Kier alpha value is -0.780. The molecule has 0 aliphatic heterocycles. The molecule has 1 aromatic heterocycles. The van der Waals surface area contributed by atoms with E-state index in [0.717, 1.165) is 20.3 Å². The van der Waals surface area contributed by atoms with Crippen LogP contribution in [0.3, 0.4) is 0 Å². The van der Waals surface area contributed by atoms with E-state index in [0.29, 0.717) is 6.61 Å². The third kappa shape index (κ3) is 1.84. The summed E-state index contributed by atoms with van der Waals surface area (Å²) in [5, 5.41) is 5.44. The summed E-state index contributed by atoms with van der Waals surface area (Å²) >= 11 is 2.76. The molecule has 5 heteroatoms. The second-order valence-corrected chi connectivity index (χ2v) is 4.57. The molecule has 0 radical (unpaired) electrons. The molecule has 0 fully saturated rings. The second-order valence-electron chi connectivity index (χ2n) is 2.66. The molecule has 0 saturated heterocycles. The Morgan fingerprint density at radius 1 is 1.57 bits per heavy atom. The van der Waals surface area contributed by atoms with E-state index >= 15 is 0 Å². The summed E-state index contributed by atoms with van der Waals surface area (Å²) in [7, 11) is 0. The van der Waals surface area contributed by atoms with Gasteiger partial charge in [0.05, 0.1) is 16.8 Å². The quantitative estimate of drug-likeness (QED) is 0.817. The van der Waals surface area contributed by atoms with Gasteiger partial charge in [0.15, 0.2) is 4.34 Å². The molecule has 74 valence electrons. The van der Waals surface area contributed by atoms with Gasteiger partial charge in [0.1, 0.15) is 5.75 Å². The number of hydrogen-bond acceptors (Lipinski definition) is 5. The fourth-order valence-corrected chi connectivity index (χ4v) is 2.53. The maximum atomic E-state index is 5.44. The first-order chi connectivity index (χ1) is 6.83. The molecule has 2 rings (SSSR count). The van der Waals surface area contributed by atoms with Crippen molar-refractivity contribution < 1.29 is 4.74 Å². The van der Waals surface area contributed by atoms with Crippen LogP contribution in [0.25, 0.3) is 10.2 Å². The predicted molar refractivity (Wildman–Crippen MR) is 60.8 cm³/mol. The van der Waals surface area contributed by atoms with Crippen molar-refractivity contribution in [3.05, 3.63) is 18.2 Å². The maximum absolute atomic E-state index is 5.44. The van der Waals surface area contributed by atoms with E-state index in [4.69, 9.17) is 9.88 Å². The van der Waals surface area contributed by atoms with E-state index in [1.54, 1.807) is 11.3 Å². The van der Waals surface area contributed by atoms with Gasteiger partial charge < -0.3 is 4.74 Å². The van der Waals surface area contributed by atoms with Crippen molar-refractivity contribution in [3.8, 4) is 5.75 Å². The third-order valence-corrected chi connectivity index (χ3v) is 3.40. The number of benzene rings is 1. The molecule has 0 atom stereocenters. The van der Waals surface area contributed by atoms with Gasteiger partial charge in [-0.05, 0) is 37.1 Å². The molecule has 0 amide bonds. The van der Waals surface area contributed by atoms with Crippen LogP contribution in [-0.2, 0) is 0 Å². The standard InChI is InChI=1S/C9H10N2OS2/c1-2-12-6-3-4-7-8(5-6)13-9(11-7)14-10/h3-5H,2,10H2,1H3. The molecular formula is C9H10N2OS2. The van der Waals surface area contributed by atoms with Crippen LogP contribution in [0.5, 0.6) is 5.75 Å². The normalized spacial score (nSPS) is 10.7. The zero-order chi connectivity index (χ0) is 9.97. The van der Waals surface area contributed by atoms with Crippen LogP contribution in [0.4, 0.5) is 0 Å². The first-order valence-electron chi connectivity index (χ1n) is 4.23. The highest BCUT2D eigenvalue weighted by molar-refractivity contribution is 7.99. The first kappa shape index (κ1) is 9.76. The van der Waals surface area contributed by atoms with Gasteiger partial charge in [-0.25, -0.2) is 4.98 Å². The number of fused-ring (bicyclic) bond motifs is 1. The molecular weight excluding hydrogens is 216 g/mol. The summed E-state index contributed by atoms with van der Waals surface area (Å²) < 4.78 is 7.40. The molecule has 0 saturated carbocycles. The minimum atomic E-state index is 0.683. The van der Waals surface area contributed by atoms with Crippen molar-refractivity contribution in [1.29, 1.82) is 0 Å². The SMILES string of the molecule is CCOc1ccc2nc(SN)sc2c1. The van der Waals surface area contributed by atoms with Crippen LogP contribution in [0.2, 0.25) is 0 Å². The largest absolute Gasteiger partial charge is 0.494 e. The minimum Gasteiger partial charge on any atom is -0.494 e. The summed E-state index contributed by atoms with van der Waals surface area (Å²) in [4.78, 5) is 4.33. The Labute approximate surface area is 90.4 Å². The average Bonchev–Trinajstić information content (AvgIpc) is 2.60. The van der Waals surface area contributed by atoms with E-state index in [9.17, 15) is 0 Å². The van der Waals surface area contributed by atoms with Gasteiger partial charge in [-0.2, -0.15) is 0 Å². The van der Waals surface area contributed by atoms with Crippen LogP contribution < -0.4 is 9.88 Å². The monoisotopic (exact) mass is 226 g/mol. The van der Waals surface area contributed by atoms with Gasteiger partial charge in [0.25, 0.3) is 0 Å². The first-order valence-corrected chi connectivity index (χ1v) is 5.93. The number of nitrogens with two attached hydrogens (primary N) is 1. The molecule has 0 spiro atoms. The van der Waals surface area contributed by atoms with Crippen LogP contribution in [-0.4, -0.2) is 11.6 Å². The van der Waals surface area contributed by atoms with Gasteiger partial charge in [-0.1, -0.05) is 0 Å². The van der Waals surface area contributed by atoms with Crippen molar-refractivity contribution >= 4 is 33.5 Å². The van der Waals surface area contributed by atoms with Gasteiger partial charge >= 0.3 is 0 Å². The number of nitrogens with zero attached hydrogens (tertiary/aromatic N) is 1. The molecule has 1 heterocycles. The number of ether oxygens (including phenoxy) is 1. The topological polar surface area (TPSA) is 48.1 Å². The number of thiazole rings is 1. The van der Waals surface area contributed by atoms with E-state index in [-0.39, 0.29) is 0 Å². The maximum Gasteiger partial charge on any atom is 0.165 e. The molecule has 0 aliphatic carbocycles. The molecule has 0 aliphatic rings. The zero-order valence-electron chi connectivity index (χ0n) is 7.69.